The van der Waals surface area contributed by atoms with Gasteiger partial charge in [-0.3, -0.25) is 0 Å². The Morgan fingerprint density at radius 2 is 1.89 bits per heavy atom. The van der Waals surface area contributed by atoms with Crippen molar-refractivity contribution in [2.24, 2.45) is 0 Å². The van der Waals surface area contributed by atoms with Crippen LogP contribution >= 0.6 is 23.2 Å². The number of ether oxygens (including phenoxy) is 1. The van der Waals surface area contributed by atoms with Crippen molar-refractivity contribution in [1.82, 2.24) is 4.98 Å². The van der Waals surface area contributed by atoms with Gasteiger partial charge in [0.2, 0.25) is 5.88 Å². The lowest BCUT2D eigenvalue weighted by atomic mass is 10.3. The maximum Gasteiger partial charge on any atom is 0.239 e. The maximum absolute atomic E-state index is 5.93. The number of nitrogens with one attached hydrogen (secondary N) is 1. The number of hydrogen-bond acceptors (Lipinski definition) is 4. The first-order chi connectivity index (χ1) is 9.08. The lowest BCUT2D eigenvalue weighted by Gasteiger charge is -2.10. The number of halogens is 2. The van der Waals surface area contributed by atoms with E-state index >= 15 is 0 Å². The summed E-state index contributed by atoms with van der Waals surface area (Å²) in [5.74, 6) is 1.01. The van der Waals surface area contributed by atoms with Gasteiger partial charge in [0.15, 0.2) is 0 Å². The van der Waals surface area contributed by atoms with Gasteiger partial charge in [-0.05, 0) is 37.3 Å². The zero-order valence-corrected chi connectivity index (χ0v) is 11.8. The fraction of sp³-hybridized carbons (Fsp3) is 0.154. The quantitative estimate of drug-likeness (QED) is 0.891. The molecule has 100 valence electrons. The van der Waals surface area contributed by atoms with Crippen LogP contribution in [-0.2, 0) is 0 Å². The number of aromatic nitrogens is 1. The van der Waals surface area contributed by atoms with Gasteiger partial charge in [0.25, 0.3) is 0 Å². The lowest BCUT2D eigenvalue weighted by molar-refractivity contribution is 0.329. The Morgan fingerprint density at radius 3 is 2.53 bits per heavy atom. The van der Waals surface area contributed by atoms with E-state index in [9.17, 15) is 0 Å². The molecule has 0 aliphatic heterocycles. The summed E-state index contributed by atoms with van der Waals surface area (Å²) in [5, 5.41) is 4.20. The molecule has 0 amide bonds. The van der Waals surface area contributed by atoms with Crippen LogP contribution in [0.3, 0.4) is 0 Å². The summed E-state index contributed by atoms with van der Waals surface area (Å²) < 4.78 is 5.33. The molecular weight excluding hydrogens is 285 g/mol. The molecule has 19 heavy (non-hydrogen) atoms. The summed E-state index contributed by atoms with van der Waals surface area (Å²) in [6.45, 7) is 2.38. The molecule has 3 N–H and O–H groups in total. The third-order valence-corrected chi connectivity index (χ3v) is 2.74. The molecule has 0 bridgehead atoms. The highest BCUT2D eigenvalue weighted by molar-refractivity contribution is 6.35. The smallest absolute Gasteiger partial charge is 0.239 e. The molecule has 6 heteroatoms. The van der Waals surface area contributed by atoms with Gasteiger partial charge in [-0.2, -0.15) is 4.98 Å². The van der Waals surface area contributed by atoms with Gasteiger partial charge < -0.3 is 15.8 Å². The van der Waals surface area contributed by atoms with Crippen molar-refractivity contribution in [3.8, 4) is 5.88 Å². The first-order valence-corrected chi connectivity index (χ1v) is 6.46. The number of anilines is 3. The van der Waals surface area contributed by atoms with Gasteiger partial charge in [-0.15, -0.1) is 0 Å². The summed E-state index contributed by atoms with van der Waals surface area (Å²) in [6.07, 6.45) is 0. The average Bonchev–Trinajstić information content (AvgIpc) is 2.32. The maximum atomic E-state index is 5.93. The second-order valence-electron chi connectivity index (χ2n) is 3.81. The second kappa shape index (κ2) is 5.99. The Labute approximate surface area is 121 Å². The van der Waals surface area contributed by atoms with E-state index in [2.05, 4.69) is 10.3 Å². The number of nitrogens with zero attached hydrogens (tertiary/aromatic N) is 1. The average molecular weight is 298 g/mol. The molecule has 4 nitrogen and oxygen atoms in total. The van der Waals surface area contributed by atoms with Gasteiger partial charge in [0.05, 0.1) is 12.3 Å². The predicted octanol–water partition coefficient (Wildman–Crippen LogP) is 4.11. The summed E-state index contributed by atoms with van der Waals surface area (Å²) in [7, 11) is 0. The first kappa shape index (κ1) is 13.8. The standard InChI is InChI=1S/C13H13Cl2N3O/c1-2-19-13-11(16)3-4-12(18-13)17-10-6-8(14)5-9(15)7-10/h3-7H,2,16H2,1H3,(H,17,18). The monoisotopic (exact) mass is 297 g/mol. The Balaban J connectivity index is 2.25. The molecule has 1 aromatic carbocycles. The zero-order valence-electron chi connectivity index (χ0n) is 10.3. The van der Waals surface area contributed by atoms with Gasteiger partial charge in [0.1, 0.15) is 5.82 Å². The van der Waals surface area contributed by atoms with Gasteiger partial charge in [-0.25, -0.2) is 0 Å². The summed E-state index contributed by atoms with van der Waals surface area (Å²) in [4.78, 5) is 4.27. The Morgan fingerprint density at radius 1 is 1.21 bits per heavy atom. The molecule has 2 aromatic rings. The first-order valence-electron chi connectivity index (χ1n) is 5.71. The molecule has 0 spiro atoms. The van der Waals surface area contributed by atoms with Crippen LogP contribution in [0.15, 0.2) is 30.3 Å². The van der Waals surface area contributed by atoms with Crippen molar-refractivity contribution in [3.05, 3.63) is 40.4 Å². The Hall–Kier alpha value is -1.65. The lowest BCUT2D eigenvalue weighted by Crippen LogP contribution is -2.02. The van der Waals surface area contributed by atoms with Crippen molar-refractivity contribution in [3.63, 3.8) is 0 Å². The molecule has 0 aliphatic carbocycles. The predicted molar refractivity (Wildman–Crippen MR) is 79.6 cm³/mol. The van der Waals surface area contributed by atoms with Crippen molar-refractivity contribution in [2.75, 3.05) is 17.7 Å². The van der Waals surface area contributed by atoms with Crippen LogP contribution in [0.4, 0.5) is 17.2 Å². The van der Waals surface area contributed by atoms with Crippen molar-refractivity contribution in [2.45, 2.75) is 6.92 Å². The number of nitrogens with two attached hydrogens (primary N) is 1. The second-order valence-corrected chi connectivity index (χ2v) is 4.68. The highest BCUT2D eigenvalue weighted by Crippen LogP contribution is 2.27. The largest absolute Gasteiger partial charge is 0.476 e. The number of rotatable bonds is 4. The highest BCUT2D eigenvalue weighted by atomic mass is 35.5. The molecule has 0 atom stereocenters. The van der Waals surface area contributed by atoms with Crippen molar-refractivity contribution in [1.29, 1.82) is 0 Å². The molecule has 1 aromatic heterocycles. The van der Waals surface area contributed by atoms with Crippen LogP contribution in [0.25, 0.3) is 0 Å². The summed E-state index contributed by atoms with van der Waals surface area (Å²) in [6, 6.07) is 8.66. The van der Waals surface area contributed by atoms with Crippen molar-refractivity contribution >= 4 is 40.4 Å². The van der Waals surface area contributed by atoms with Crippen molar-refractivity contribution < 1.29 is 4.74 Å². The van der Waals surface area contributed by atoms with E-state index in [4.69, 9.17) is 33.7 Å². The molecule has 2 rings (SSSR count). The van der Waals surface area contributed by atoms with Crippen LogP contribution in [0.2, 0.25) is 10.0 Å². The molecule has 1 heterocycles. The molecule has 0 aliphatic rings. The topological polar surface area (TPSA) is 60.2 Å². The van der Waals surface area contributed by atoms with E-state index in [1.807, 2.05) is 6.92 Å². The Bertz CT molecular complexity index is 570. The molecule has 0 saturated carbocycles. The third-order valence-electron chi connectivity index (χ3n) is 2.31. The number of nitrogen functional groups attached to an aromatic ring is 1. The number of benzene rings is 1. The summed E-state index contributed by atoms with van der Waals surface area (Å²) >= 11 is 11.9. The van der Waals surface area contributed by atoms with Crippen LogP contribution in [0.1, 0.15) is 6.92 Å². The van der Waals surface area contributed by atoms with E-state index in [1.165, 1.54) is 0 Å². The van der Waals surface area contributed by atoms with Gasteiger partial charge in [0, 0.05) is 15.7 Å². The fourth-order valence-corrected chi connectivity index (χ4v) is 2.07. The van der Waals surface area contributed by atoms with Crippen LogP contribution < -0.4 is 15.8 Å². The molecule has 0 unspecified atom stereocenters. The third kappa shape index (κ3) is 3.66. The van der Waals surface area contributed by atoms with E-state index < -0.39 is 0 Å². The zero-order chi connectivity index (χ0) is 13.8. The minimum Gasteiger partial charge on any atom is -0.476 e. The SMILES string of the molecule is CCOc1nc(Nc2cc(Cl)cc(Cl)c2)ccc1N. The summed E-state index contributed by atoms with van der Waals surface area (Å²) in [5.41, 5.74) is 7.00. The minimum atomic E-state index is 0.403. The van der Waals surface area contributed by atoms with Crippen LogP contribution in [0.5, 0.6) is 5.88 Å². The molecular formula is C13H13Cl2N3O. The van der Waals surface area contributed by atoms with E-state index in [-0.39, 0.29) is 0 Å². The molecule has 0 saturated heterocycles. The van der Waals surface area contributed by atoms with E-state index in [1.54, 1.807) is 30.3 Å². The highest BCUT2D eigenvalue weighted by Gasteiger charge is 2.05. The normalized spacial score (nSPS) is 10.3. The number of hydrogen-bond donors (Lipinski definition) is 2. The van der Waals surface area contributed by atoms with Gasteiger partial charge in [-0.1, -0.05) is 23.2 Å². The van der Waals surface area contributed by atoms with E-state index in [0.717, 1.165) is 5.69 Å². The van der Waals surface area contributed by atoms with Crippen LogP contribution in [-0.4, -0.2) is 11.6 Å². The fourth-order valence-electron chi connectivity index (χ4n) is 1.55. The van der Waals surface area contributed by atoms with Gasteiger partial charge >= 0.3 is 0 Å². The van der Waals surface area contributed by atoms with E-state index in [0.29, 0.717) is 34.0 Å². The number of pyridine rings is 1. The molecule has 0 radical (unpaired) electrons. The minimum absolute atomic E-state index is 0.403. The molecule has 0 fully saturated rings. The Kier molecular flexibility index (Phi) is 4.35. The van der Waals surface area contributed by atoms with Crippen LogP contribution in [0, 0.1) is 0 Å².